The van der Waals surface area contributed by atoms with Crippen molar-refractivity contribution in [1.82, 2.24) is 4.90 Å². The first kappa shape index (κ1) is 21.5. The van der Waals surface area contributed by atoms with Gasteiger partial charge in [0.1, 0.15) is 24.0 Å². The second kappa shape index (κ2) is 8.66. The molecule has 3 rings (SSSR count). The largest absolute Gasteiger partial charge is 0.491 e. The van der Waals surface area contributed by atoms with Crippen LogP contribution in [0.4, 0.5) is 19.3 Å². The Morgan fingerprint density at radius 3 is 2.47 bits per heavy atom. The first-order valence-electron chi connectivity index (χ1n) is 9.26. The normalized spacial score (nSPS) is 15.8. The number of rotatable bonds is 6. The summed E-state index contributed by atoms with van der Waals surface area (Å²) in [6, 6.07) is 6.01. The molecule has 1 heterocycles. The molecule has 0 unspecified atom stereocenters. The van der Waals surface area contributed by atoms with E-state index < -0.39 is 23.6 Å². The van der Waals surface area contributed by atoms with Gasteiger partial charge in [-0.05, 0) is 24.6 Å². The van der Waals surface area contributed by atoms with Crippen LogP contribution in [0.1, 0.15) is 34.5 Å². The molecule has 1 aliphatic heterocycles. The second-order valence-corrected chi connectivity index (χ2v) is 6.86. The molecule has 2 aromatic rings. The van der Waals surface area contributed by atoms with E-state index in [9.17, 15) is 18.4 Å². The number of amides is 2. The molecule has 0 radical (unpaired) electrons. The third kappa shape index (κ3) is 3.93. The zero-order valence-corrected chi connectivity index (χ0v) is 16.8. The van der Waals surface area contributed by atoms with Crippen molar-refractivity contribution < 1.29 is 33.0 Å². The molecule has 0 aliphatic carbocycles. The molecule has 7 nitrogen and oxygen atoms in total. The van der Waals surface area contributed by atoms with Crippen LogP contribution in [-0.2, 0) is 11.3 Å². The van der Waals surface area contributed by atoms with E-state index >= 15 is 0 Å². The SMILES string of the molecule is COC(=O)c1ccc2c(c1)N(Cc1c(F)cc(OCCO)cc1F)C(=O)N(C)[C@H]2C. The molecule has 0 saturated heterocycles. The van der Waals surface area contributed by atoms with Gasteiger partial charge in [0.25, 0.3) is 0 Å². The van der Waals surface area contributed by atoms with Gasteiger partial charge in [-0.1, -0.05) is 6.07 Å². The molecule has 0 fully saturated rings. The van der Waals surface area contributed by atoms with E-state index in [0.29, 0.717) is 5.69 Å². The Balaban J connectivity index is 2.03. The maximum absolute atomic E-state index is 14.6. The summed E-state index contributed by atoms with van der Waals surface area (Å²) in [5.74, 6) is -2.42. The van der Waals surface area contributed by atoms with Crippen molar-refractivity contribution >= 4 is 17.7 Å². The lowest BCUT2D eigenvalue weighted by molar-refractivity contribution is 0.0600. The average Bonchev–Trinajstić information content (AvgIpc) is 2.74. The third-order valence-electron chi connectivity index (χ3n) is 5.10. The molecule has 2 amide bonds. The number of benzene rings is 2. The molecule has 30 heavy (non-hydrogen) atoms. The van der Waals surface area contributed by atoms with Crippen molar-refractivity contribution in [2.24, 2.45) is 0 Å². The predicted molar refractivity (Wildman–Crippen MR) is 104 cm³/mol. The standard InChI is InChI=1S/C21H22F2N2O5/c1-12-15-5-4-13(20(27)29-3)8-19(15)25(21(28)24(12)2)11-16-17(22)9-14(10-18(16)23)30-7-6-26/h4-5,8-10,12,26H,6-7,11H2,1-3H3/t12-/m0/s1. The van der Waals surface area contributed by atoms with Crippen LogP contribution in [0.3, 0.4) is 0 Å². The maximum atomic E-state index is 14.6. The molecule has 0 spiro atoms. The van der Waals surface area contributed by atoms with E-state index in [1.807, 2.05) is 6.92 Å². The van der Waals surface area contributed by atoms with Crippen molar-refractivity contribution in [3.05, 3.63) is 58.7 Å². The molecule has 1 aliphatic rings. The van der Waals surface area contributed by atoms with Crippen LogP contribution in [0.2, 0.25) is 0 Å². The summed E-state index contributed by atoms with van der Waals surface area (Å²) in [5, 5.41) is 8.79. The van der Waals surface area contributed by atoms with E-state index in [2.05, 4.69) is 0 Å². The van der Waals surface area contributed by atoms with E-state index in [1.165, 1.54) is 23.0 Å². The summed E-state index contributed by atoms with van der Waals surface area (Å²) in [7, 11) is 2.84. The summed E-state index contributed by atoms with van der Waals surface area (Å²) in [6.45, 7) is 1.04. The predicted octanol–water partition coefficient (Wildman–Crippen LogP) is 3.26. The van der Waals surface area contributed by atoms with Crippen LogP contribution in [0, 0.1) is 11.6 Å². The molecule has 160 valence electrons. The van der Waals surface area contributed by atoms with Gasteiger partial charge in [0.15, 0.2) is 0 Å². The van der Waals surface area contributed by atoms with Gasteiger partial charge in [-0.15, -0.1) is 0 Å². The molecule has 0 saturated carbocycles. The van der Waals surface area contributed by atoms with Crippen LogP contribution in [0.25, 0.3) is 0 Å². The summed E-state index contributed by atoms with van der Waals surface area (Å²) in [4.78, 5) is 27.5. The number of ether oxygens (including phenoxy) is 2. The highest BCUT2D eigenvalue weighted by molar-refractivity contribution is 5.98. The number of fused-ring (bicyclic) bond motifs is 1. The van der Waals surface area contributed by atoms with Gasteiger partial charge in [-0.2, -0.15) is 0 Å². The van der Waals surface area contributed by atoms with E-state index in [1.54, 1.807) is 19.2 Å². The van der Waals surface area contributed by atoms with Gasteiger partial charge in [0, 0.05) is 24.7 Å². The van der Waals surface area contributed by atoms with E-state index in [4.69, 9.17) is 14.6 Å². The number of methoxy groups -OCH3 is 1. The molecule has 1 atom stereocenters. The monoisotopic (exact) mass is 420 g/mol. The van der Waals surface area contributed by atoms with Crippen molar-refractivity contribution in [3.63, 3.8) is 0 Å². The molecule has 0 bridgehead atoms. The van der Waals surface area contributed by atoms with Gasteiger partial charge in [0.2, 0.25) is 0 Å². The number of hydrogen-bond donors (Lipinski definition) is 1. The van der Waals surface area contributed by atoms with E-state index in [-0.39, 0.29) is 42.7 Å². The van der Waals surface area contributed by atoms with Crippen LogP contribution < -0.4 is 9.64 Å². The topological polar surface area (TPSA) is 79.3 Å². The van der Waals surface area contributed by atoms with E-state index in [0.717, 1.165) is 17.7 Å². The van der Waals surface area contributed by atoms with Crippen molar-refractivity contribution in [1.29, 1.82) is 0 Å². The Labute approximate surface area is 172 Å². The first-order chi connectivity index (χ1) is 14.3. The molecular formula is C21H22F2N2O5. The zero-order chi connectivity index (χ0) is 22.0. The van der Waals surface area contributed by atoms with Crippen molar-refractivity contribution in [2.75, 3.05) is 32.3 Å². The highest BCUT2D eigenvalue weighted by Gasteiger charge is 2.34. The van der Waals surface area contributed by atoms with Crippen LogP contribution in [0.15, 0.2) is 30.3 Å². The fourth-order valence-corrected chi connectivity index (χ4v) is 3.33. The minimum atomic E-state index is -0.886. The van der Waals surface area contributed by atoms with Crippen molar-refractivity contribution in [3.8, 4) is 5.75 Å². The smallest absolute Gasteiger partial charge is 0.337 e. The molecule has 2 aromatic carbocycles. The number of carbonyl (C=O) groups excluding carboxylic acids is 2. The van der Waals surface area contributed by atoms with Gasteiger partial charge in [-0.3, -0.25) is 4.90 Å². The number of halogens is 2. The summed E-state index contributed by atoms with van der Waals surface area (Å²) < 4.78 is 39.0. The average molecular weight is 420 g/mol. The lowest BCUT2D eigenvalue weighted by atomic mass is 9.98. The first-order valence-corrected chi connectivity index (χ1v) is 9.26. The molecule has 1 N–H and O–H groups in total. The Morgan fingerprint density at radius 1 is 1.20 bits per heavy atom. The summed E-state index contributed by atoms with van der Waals surface area (Å²) in [5.41, 5.74) is 1.01. The maximum Gasteiger partial charge on any atom is 0.337 e. The second-order valence-electron chi connectivity index (χ2n) is 6.86. The van der Waals surface area contributed by atoms with Crippen LogP contribution >= 0.6 is 0 Å². The lowest BCUT2D eigenvalue weighted by Crippen LogP contribution is -2.46. The molecular weight excluding hydrogens is 398 g/mol. The molecule has 0 aromatic heterocycles. The van der Waals surface area contributed by atoms with Gasteiger partial charge >= 0.3 is 12.0 Å². The summed E-state index contributed by atoms with van der Waals surface area (Å²) >= 11 is 0. The number of urea groups is 1. The Kier molecular flexibility index (Phi) is 6.21. The number of esters is 1. The fourth-order valence-electron chi connectivity index (χ4n) is 3.33. The quantitative estimate of drug-likeness (QED) is 0.726. The number of aliphatic hydroxyl groups is 1. The molecule has 9 heteroatoms. The Morgan fingerprint density at radius 2 is 1.87 bits per heavy atom. The Bertz CT molecular complexity index is 959. The third-order valence-corrected chi connectivity index (χ3v) is 5.10. The highest BCUT2D eigenvalue weighted by atomic mass is 19.1. The number of aliphatic hydroxyl groups excluding tert-OH is 1. The van der Waals surface area contributed by atoms with Gasteiger partial charge in [0.05, 0.1) is 37.6 Å². The van der Waals surface area contributed by atoms with Gasteiger partial charge in [-0.25, -0.2) is 18.4 Å². The number of hydrogen-bond acceptors (Lipinski definition) is 5. The fraction of sp³-hybridized carbons (Fsp3) is 0.333. The number of nitrogens with zero attached hydrogens (tertiary/aromatic N) is 2. The van der Waals surface area contributed by atoms with Gasteiger partial charge < -0.3 is 19.5 Å². The lowest BCUT2D eigenvalue weighted by Gasteiger charge is -2.39. The summed E-state index contributed by atoms with van der Waals surface area (Å²) in [6.07, 6.45) is 0. The zero-order valence-electron chi connectivity index (χ0n) is 16.8. The minimum absolute atomic E-state index is 0.0631. The highest BCUT2D eigenvalue weighted by Crippen LogP contribution is 2.38. The number of anilines is 1. The minimum Gasteiger partial charge on any atom is -0.491 e. The number of carbonyl (C=O) groups is 2. The van der Waals surface area contributed by atoms with Crippen LogP contribution in [-0.4, -0.2) is 49.4 Å². The Hall–Kier alpha value is -3.20. The van der Waals surface area contributed by atoms with Crippen molar-refractivity contribution in [2.45, 2.75) is 19.5 Å². The van der Waals surface area contributed by atoms with Crippen LogP contribution in [0.5, 0.6) is 5.75 Å².